The van der Waals surface area contributed by atoms with Gasteiger partial charge in [0.2, 0.25) is 5.82 Å². The van der Waals surface area contributed by atoms with E-state index in [4.69, 9.17) is 11.6 Å². The van der Waals surface area contributed by atoms with Crippen LogP contribution in [0.2, 0.25) is 5.02 Å². The highest BCUT2D eigenvalue weighted by atomic mass is 79.9. The lowest BCUT2D eigenvalue weighted by Crippen LogP contribution is -2.15. The Morgan fingerprint density at radius 3 is 2.42 bits per heavy atom. The highest BCUT2D eigenvalue weighted by molar-refractivity contribution is 9.10. The van der Waals surface area contributed by atoms with Crippen LogP contribution in [0.5, 0.6) is 0 Å². The van der Waals surface area contributed by atoms with Gasteiger partial charge in [0.1, 0.15) is 0 Å². The zero-order valence-corrected chi connectivity index (χ0v) is 19.6. The fraction of sp³-hybridized carbons (Fsp3) is 0.125. The lowest BCUT2D eigenvalue weighted by Gasteiger charge is -2.10. The number of carbonyl (C=O) groups is 1. The topological polar surface area (TPSA) is 59.8 Å². The molecule has 0 saturated carbocycles. The number of aromatic nitrogens is 3. The van der Waals surface area contributed by atoms with Crippen molar-refractivity contribution in [1.29, 1.82) is 0 Å². The van der Waals surface area contributed by atoms with Crippen molar-refractivity contribution in [3.05, 3.63) is 92.7 Å². The van der Waals surface area contributed by atoms with Gasteiger partial charge < -0.3 is 5.32 Å². The van der Waals surface area contributed by atoms with E-state index in [2.05, 4.69) is 31.3 Å². The molecule has 3 aromatic carbocycles. The molecule has 1 heterocycles. The standard InChI is InChI=1S/C24H20BrClN4O/c1-14-4-5-16(3)21(12-14)30-23(17-7-9-18(25)10-8-17)28-22(29-30)24(31)27-20-13-19(26)11-6-15(20)2/h4-13H,1-3H3,(H,27,31). The second kappa shape index (κ2) is 8.65. The van der Waals surface area contributed by atoms with E-state index in [-0.39, 0.29) is 5.82 Å². The van der Waals surface area contributed by atoms with E-state index in [0.29, 0.717) is 16.5 Å². The van der Waals surface area contributed by atoms with Crippen molar-refractivity contribution in [2.24, 2.45) is 0 Å². The zero-order chi connectivity index (χ0) is 22.1. The van der Waals surface area contributed by atoms with Crippen LogP contribution in [-0.4, -0.2) is 20.7 Å². The monoisotopic (exact) mass is 494 g/mol. The van der Waals surface area contributed by atoms with E-state index >= 15 is 0 Å². The second-order valence-corrected chi connectivity index (χ2v) is 8.73. The first-order valence-corrected chi connectivity index (χ1v) is 10.9. The number of hydrogen-bond donors (Lipinski definition) is 1. The van der Waals surface area contributed by atoms with Gasteiger partial charge in [-0.2, -0.15) is 0 Å². The molecule has 1 N–H and O–H groups in total. The minimum Gasteiger partial charge on any atom is -0.319 e. The first-order valence-electron chi connectivity index (χ1n) is 9.70. The molecule has 0 aliphatic rings. The van der Waals surface area contributed by atoms with Crippen LogP contribution >= 0.6 is 27.5 Å². The van der Waals surface area contributed by atoms with Gasteiger partial charge in [0.25, 0.3) is 5.91 Å². The average molecular weight is 496 g/mol. The molecule has 0 atom stereocenters. The summed E-state index contributed by atoms with van der Waals surface area (Å²) in [7, 11) is 0. The highest BCUT2D eigenvalue weighted by Gasteiger charge is 2.20. The zero-order valence-electron chi connectivity index (χ0n) is 17.3. The molecule has 5 nitrogen and oxygen atoms in total. The summed E-state index contributed by atoms with van der Waals surface area (Å²) in [4.78, 5) is 17.6. The Balaban J connectivity index is 1.81. The molecule has 0 bridgehead atoms. The number of benzene rings is 3. The maximum absolute atomic E-state index is 13.0. The van der Waals surface area contributed by atoms with Crippen LogP contribution in [-0.2, 0) is 0 Å². The summed E-state index contributed by atoms with van der Waals surface area (Å²) in [6.07, 6.45) is 0. The summed E-state index contributed by atoms with van der Waals surface area (Å²) in [5.74, 6) is 0.278. The minimum atomic E-state index is -0.396. The lowest BCUT2D eigenvalue weighted by molar-refractivity contribution is 0.101. The van der Waals surface area contributed by atoms with E-state index in [1.54, 1.807) is 16.8 Å². The summed E-state index contributed by atoms with van der Waals surface area (Å²) in [5.41, 5.74) is 5.40. The molecular formula is C24H20BrClN4O. The van der Waals surface area contributed by atoms with Crippen molar-refractivity contribution in [3.8, 4) is 17.1 Å². The fourth-order valence-corrected chi connectivity index (χ4v) is 3.65. The quantitative estimate of drug-likeness (QED) is 0.350. The van der Waals surface area contributed by atoms with Gasteiger partial charge in [-0.25, -0.2) is 9.67 Å². The number of amides is 1. The Labute approximate surface area is 194 Å². The number of hydrogen-bond acceptors (Lipinski definition) is 3. The van der Waals surface area contributed by atoms with Gasteiger partial charge >= 0.3 is 0 Å². The summed E-state index contributed by atoms with van der Waals surface area (Å²) >= 11 is 9.55. The lowest BCUT2D eigenvalue weighted by atomic mass is 10.1. The van der Waals surface area contributed by atoms with E-state index in [0.717, 1.165) is 32.4 Å². The van der Waals surface area contributed by atoms with Crippen LogP contribution in [0, 0.1) is 20.8 Å². The SMILES string of the molecule is Cc1ccc(C)c(-n2nc(C(=O)Nc3cc(Cl)ccc3C)nc2-c2ccc(Br)cc2)c1. The van der Waals surface area contributed by atoms with Gasteiger partial charge in [-0.05, 0) is 67.8 Å². The average Bonchev–Trinajstić information content (AvgIpc) is 3.18. The van der Waals surface area contributed by atoms with Gasteiger partial charge in [0, 0.05) is 20.7 Å². The summed E-state index contributed by atoms with van der Waals surface area (Å²) in [6.45, 7) is 5.94. The number of carbonyl (C=O) groups excluding carboxylic acids is 1. The Kier molecular flexibility index (Phi) is 5.94. The fourth-order valence-electron chi connectivity index (χ4n) is 3.22. The van der Waals surface area contributed by atoms with Gasteiger partial charge in [-0.1, -0.05) is 57.9 Å². The summed E-state index contributed by atoms with van der Waals surface area (Å²) in [6, 6.07) is 19.2. The number of rotatable bonds is 4. The van der Waals surface area contributed by atoms with Gasteiger partial charge in [-0.15, -0.1) is 5.10 Å². The molecule has 0 radical (unpaired) electrons. The Morgan fingerprint density at radius 1 is 0.968 bits per heavy atom. The summed E-state index contributed by atoms with van der Waals surface area (Å²) < 4.78 is 2.69. The highest BCUT2D eigenvalue weighted by Crippen LogP contribution is 2.26. The number of halogens is 2. The van der Waals surface area contributed by atoms with Crippen molar-refractivity contribution in [2.75, 3.05) is 5.32 Å². The smallest absolute Gasteiger partial charge is 0.295 e. The number of aryl methyl sites for hydroxylation is 3. The molecule has 0 aliphatic heterocycles. The van der Waals surface area contributed by atoms with Crippen LogP contribution < -0.4 is 5.32 Å². The molecule has 0 fully saturated rings. The van der Waals surface area contributed by atoms with Gasteiger partial charge in [-0.3, -0.25) is 4.79 Å². The number of anilines is 1. The minimum absolute atomic E-state index is 0.0817. The third-order valence-corrected chi connectivity index (χ3v) is 5.72. The maximum atomic E-state index is 13.0. The second-order valence-electron chi connectivity index (χ2n) is 7.38. The number of nitrogens with one attached hydrogen (secondary N) is 1. The predicted octanol–water partition coefficient (Wildman–Crippen LogP) is 6.53. The predicted molar refractivity (Wildman–Crippen MR) is 128 cm³/mol. The largest absolute Gasteiger partial charge is 0.319 e. The Hall–Kier alpha value is -2.96. The van der Waals surface area contributed by atoms with E-state index in [1.807, 2.05) is 69.3 Å². The van der Waals surface area contributed by atoms with Crippen LogP contribution in [0.1, 0.15) is 27.3 Å². The van der Waals surface area contributed by atoms with Crippen LogP contribution in [0.15, 0.2) is 65.1 Å². The van der Waals surface area contributed by atoms with Gasteiger partial charge in [0.15, 0.2) is 5.82 Å². The van der Waals surface area contributed by atoms with Crippen LogP contribution in [0.4, 0.5) is 5.69 Å². The molecule has 1 aromatic heterocycles. The molecule has 31 heavy (non-hydrogen) atoms. The first-order chi connectivity index (χ1) is 14.8. The van der Waals surface area contributed by atoms with E-state index < -0.39 is 5.91 Å². The molecular weight excluding hydrogens is 476 g/mol. The number of nitrogens with zero attached hydrogens (tertiary/aromatic N) is 3. The Bertz CT molecular complexity index is 1280. The Morgan fingerprint density at radius 2 is 1.68 bits per heavy atom. The third-order valence-electron chi connectivity index (χ3n) is 4.95. The summed E-state index contributed by atoms with van der Waals surface area (Å²) in [5, 5.41) is 8.00. The molecule has 7 heteroatoms. The first kappa shape index (κ1) is 21.3. The molecule has 0 saturated heterocycles. The van der Waals surface area contributed by atoms with Crippen molar-refractivity contribution < 1.29 is 4.79 Å². The normalized spacial score (nSPS) is 10.9. The van der Waals surface area contributed by atoms with E-state index in [9.17, 15) is 4.79 Å². The van der Waals surface area contributed by atoms with Crippen LogP contribution in [0.3, 0.4) is 0 Å². The molecule has 0 spiro atoms. The van der Waals surface area contributed by atoms with Gasteiger partial charge in [0.05, 0.1) is 5.69 Å². The molecule has 4 aromatic rings. The van der Waals surface area contributed by atoms with Crippen molar-refractivity contribution in [1.82, 2.24) is 14.8 Å². The molecule has 0 aliphatic carbocycles. The van der Waals surface area contributed by atoms with Crippen molar-refractivity contribution in [3.63, 3.8) is 0 Å². The third kappa shape index (κ3) is 4.55. The maximum Gasteiger partial charge on any atom is 0.295 e. The molecule has 156 valence electrons. The van der Waals surface area contributed by atoms with E-state index in [1.165, 1.54) is 0 Å². The molecule has 1 amide bonds. The van der Waals surface area contributed by atoms with Crippen molar-refractivity contribution >= 4 is 39.1 Å². The van der Waals surface area contributed by atoms with Crippen molar-refractivity contribution in [2.45, 2.75) is 20.8 Å². The molecule has 0 unspecified atom stereocenters. The molecule has 4 rings (SSSR count). The van der Waals surface area contributed by atoms with Crippen LogP contribution in [0.25, 0.3) is 17.1 Å².